The fourth-order valence-electron chi connectivity index (χ4n) is 3.02. The van der Waals surface area contributed by atoms with Crippen LogP contribution in [0.4, 0.5) is 0 Å². The van der Waals surface area contributed by atoms with Crippen molar-refractivity contribution in [3.05, 3.63) is 39.3 Å². The van der Waals surface area contributed by atoms with Gasteiger partial charge >= 0.3 is 0 Å². The second-order valence-electron chi connectivity index (χ2n) is 5.93. The van der Waals surface area contributed by atoms with Gasteiger partial charge in [0, 0.05) is 4.91 Å². The summed E-state index contributed by atoms with van der Waals surface area (Å²) in [4.78, 5) is 3.56. The fraction of sp³-hybridized carbons (Fsp3) is 0.412. The van der Waals surface area contributed by atoms with Gasteiger partial charge in [-0.25, -0.2) is 4.83 Å². The van der Waals surface area contributed by atoms with E-state index in [4.69, 9.17) is 5.26 Å². The molecule has 0 saturated carbocycles. The lowest BCUT2D eigenvalue weighted by Gasteiger charge is -2.15. The summed E-state index contributed by atoms with van der Waals surface area (Å²) < 4.78 is 25.1. The topological polar surface area (TPSA) is 82.3 Å². The molecule has 0 spiro atoms. The van der Waals surface area contributed by atoms with Crippen molar-refractivity contribution in [3.8, 4) is 5.40 Å². The van der Waals surface area contributed by atoms with E-state index in [1.165, 1.54) is 6.21 Å². The van der Waals surface area contributed by atoms with Crippen LogP contribution >= 0.6 is 11.8 Å². The van der Waals surface area contributed by atoms with E-state index in [1.54, 1.807) is 13.8 Å². The average Bonchev–Trinajstić information content (AvgIpc) is 2.47. The summed E-state index contributed by atoms with van der Waals surface area (Å²) in [6.45, 7) is 5.50. The third-order valence-corrected chi connectivity index (χ3v) is 6.22. The fourth-order valence-corrected chi connectivity index (χ4v) is 4.91. The Bertz CT molecular complexity index is 811. The summed E-state index contributed by atoms with van der Waals surface area (Å²) in [5.74, 6) is 0. The van der Waals surface area contributed by atoms with Gasteiger partial charge < -0.3 is 0 Å². The van der Waals surface area contributed by atoms with Crippen LogP contribution in [0.5, 0.6) is 0 Å². The van der Waals surface area contributed by atoms with Gasteiger partial charge in [-0.2, -0.15) is 18.8 Å². The number of benzene rings is 1. The molecule has 1 aromatic carbocycles. The molecule has 1 N–H and O–H groups in total. The number of aryl methyl sites for hydroxylation is 3. The van der Waals surface area contributed by atoms with Crippen LogP contribution in [0.1, 0.15) is 42.4 Å². The van der Waals surface area contributed by atoms with Crippen molar-refractivity contribution in [2.75, 3.05) is 0 Å². The Labute approximate surface area is 147 Å². The molecule has 1 aliphatic rings. The predicted molar refractivity (Wildman–Crippen MR) is 98.2 cm³/mol. The summed E-state index contributed by atoms with van der Waals surface area (Å²) in [5.41, 5.74) is 3.37. The summed E-state index contributed by atoms with van der Waals surface area (Å²) in [6.07, 6.45) is 5.28. The second-order valence-corrected chi connectivity index (χ2v) is 8.41. The van der Waals surface area contributed by atoms with Crippen LogP contribution in [0.2, 0.25) is 0 Å². The molecule has 1 aromatic rings. The van der Waals surface area contributed by atoms with Crippen molar-refractivity contribution >= 4 is 28.0 Å². The van der Waals surface area contributed by atoms with Crippen LogP contribution in [0.15, 0.2) is 32.6 Å². The van der Waals surface area contributed by atoms with Gasteiger partial charge in [0.25, 0.3) is 10.0 Å². The minimum Gasteiger partial charge on any atom is -0.200 e. The zero-order valence-electron chi connectivity index (χ0n) is 14.1. The van der Waals surface area contributed by atoms with Crippen LogP contribution in [-0.4, -0.2) is 14.6 Å². The van der Waals surface area contributed by atoms with Gasteiger partial charge in [-0.15, -0.1) is 0 Å². The zero-order chi connectivity index (χ0) is 17.7. The molecule has 0 radical (unpaired) electrons. The molecule has 7 heteroatoms. The quantitative estimate of drug-likeness (QED) is 0.488. The number of nitrogens with one attached hydrogen (secondary N) is 1. The second kappa shape index (κ2) is 7.86. The van der Waals surface area contributed by atoms with Gasteiger partial charge in [0.1, 0.15) is 5.40 Å². The number of thioether (sulfide) groups is 1. The van der Waals surface area contributed by atoms with E-state index >= 15 is 0 Å². The number of hydrogen-bond acceptors (Lipinski definition) is 5. The molecule has 0 bridgehead atoms. The number of rotatable bonds is 5. The van der Waals surface area contributed by atoms with E-state index in [0.717, 1.165) is 53.5 Å². The Morgan fingerprint density at radius 2 is 1.83 bits per heavy atom. The van der Waals surface area contributed by atoms with E-state index in [1.807, 2.05) is 19.1 Å². The molecule has 0 atom stereocenters. The van der Waals surface area contributed by atoms with Crippen LogP contribution in [0, 0.1) is 31.4 Å². The van der Waals surface area contributed by atoms with Gasteiger partial charge in [-0.1, -0.05) is 17.7 Å². The number of hydrazone groups is 1. The Morgan fingerprint density at radius 1 is 1.21 bits per heavy atom. The standard InChI is InChI=1S/C17H21N3O2S2/c1-12-8-13(2)17(14(3)9-12)24(21,22)20-19-10-15-6-4-5-7-16(15)23-11-18/h8-10,20H,4-7H2,1-3H3/b19-10+. The Morgan fingerprint density at radius 3 is 2.46 bits per heavy atom. The van der Waals surface area contributed by atoms with Gasteiger partial charge in [-0.3, -0.25) is 0 Å². The zero-order valence-corrected chi connectivity index (χ0v) is 15.7. The number of allylic oxidation sites excluding steroid dienone is 2. The molecule has 5 nitrogen and oxygen atoms in total. The molecule has 24 heavy (non-hydrogen) atoms. The van der Waals surface area contributed by atoms with Gasteiger partial charge in [0.2, 0.25) is 0 Å². The van der Waals surface area contributed by atoms with E-state index in [9.17, 15) is 8.42 Å². The summed E-state index contributed by atoms with van der Waals surface area (Å²) in [5, 5.41) is 14.9. The molecule has 0 fully saturated rings. The lowest BCUT2D eigenvalue weighted by molar-refractivity contribution is 0.583. The smallest absolute Gasteiger partial charge is 0.200 e. The largest absolute Gasteiger partial charge is 0.277 e. The van der Waals surface area contributed by atoms with Gasteiger partial charge in [0.15, 0.2) is 0 Å². The maximum atomic E-state index is 12.5. The minimum absolute atomic E-state index is 0.273. The van der Waals surface area contributed by atoms with Crippen LogP contribution in [0.3, 0.4) is 0 Å². The summed E-state index contributed by atoms with van der Waals surface area (Å²) >= 11 is 1.14. The van der Waals surface area contributed by atoms with E-state index in [2.05, 4.69) is 15.3 Å². The number of sulfonamides is 1. The molecule has 1 aliphatic carbocycles. The molecule has 0 aromatic heterocycles. The highest BCUT2D eigenvalue weighted by molar-refractivity contribution is 8.07. The third kappa shape index (κ3) is 4.40. The van der Waals surface area contributed by atoms with E-state index in [0.29, 0.717) is 11.1 Å². The highest BCUT2D eigenvalue weighted by Crippen LogP contribution is 2.31. The lowest BCUT2D eigenvalue weighted by Crippen LogP contribution is -2.21. The first-order chi connectivity index (χ1) is 11.3. The van der Waals surface area contributed by atoms with Crippen molar-refractivity contribution in [2.45, 2.75) is 51.3 Å². The maximum absolute atomic E-state index is 12.5. The third-order valence-electron chi connectivity index (χ3n) is 3.89. The molecular formula is C17H21N3O2S2. The molecule has 0 unspecified atom stereocenters. The SMILES string of the molecule is Cc1cc(C)c(S(=O)(=O)N/N=C/C2=C(SC#N)CCCC2)c(C)c1. The lowest BCUT2D eigenvalue weighted by atomic mass is 10.0. The molecule has 0 heterocycles. The molecule has 0 saturated heterocycles. The van der Waals surface area contributed by atoms with Crippen molar-refractivity contribution in [3.63, 3.8) is 0 Å². The Kier molecular flexibility index (Phi) is 6.08. The first-order valence-electron chi connectivity index (χ1n) is 7.76. The molecule has 0 aliphatic heterocycles. The van der Waals surface area contributed by atoms with Crippen molar-refractivity contribution in [1.29, 1.82) is 5.26 Å². The number of thiocyanates is 1. The maximum Gasteiger partial charge on any atom is 0.277 e. The van der Waals surface area contributed by atoms with Crippen molar-refractivity contribution in [1.82, 2.24) is 4.83 Å². The Balaban J connectivity index is 2.23. The number of nitrogens with zero attached hydrogens (tertiary/aromatic N) is 2. The first kappa shape index (κ1) is 18.6. The van der Waals surface area contributed by atoms with Gasteiger partial charge in [0.05, 0.1) is 11.1 Å². The molecular weight excluding hydrogens is 342 g/mol. The first-order valence-corrected chi connectivity index (χ1v) is 10.1. The Hall–Kier alpha value is -1.78. The van der Waals surface area contributed by atoms with Crippen molar-refractivity contribution < 1.29 is 8.42 Å². The van der Waals surface area contributed by atoms with Crippen LogP contribution in [-0.2, 0) is 10.0 Å². The van der Waals surface area contributed by atoms with Gasteiger partial charge in [-0.05, 0) is 74.9 Å². The van der Waals surface area contributed by atoms with E-state index < -0.39 is 10.0 Å². The van der Waals surface area contributed by atoms with E-state index in [-0.39, 0.29) is 4.90 Å². The highest BCUT2D eigenvalue weighted by atomic mass is 32.2. The normalized spacial score (nSPS) is 15.6. The van der Waals surface area contributed by atoms with Crippen molar-refractivity contribution in [2.24, 2.45) is 5.10 Å². The monoisotopic (exact) mass is 363 g/mol. The van der Waals surface area contributed by atoms with Crippen LogP contribution in [0.25, 0.3) is 0 Å². The van der Waals surface area contributed by atoms with Crippen LogP contribution < -0.4 is 4.83 Å². The minimum atomic E-state index is -3.71. The number of nitriles is 1. The molecule has 0 amide bonds. The summed E-state index contributed by atoms with van der Waals surface area (Å²) in [7, 11) is -3.71. The number of hydrogen-bond donors (Lipinski definition) is 1. The average molecular weight is 364 g/mol. The molecule has 128 valence electrons. The highest BCUT2D eigenvalue weighted by Gasteiger charge is 2.19. The summed E-state index contributed by atoms with van der Waals surface area (Å²) in [6, 6.07) is 3.69. The molecule has 2 rings (SSSR count). The predicted octanol–water partition coefficient (Wildman–Crippen LogP) is 3.92.